The minimum Gasteiger partial charge on any atom is -0.493 e. The van der Waals surface area contributed by atoms with E-state index in [0.717, 1.165) is 29.5 Å². The van der Waals surface area contributed by atoms with Crippen LogP contribution in [0.1, 0.15) is 120 Å². The van der Waals surface area contributed by atoms with Gasteiger partial charge in [-0.1, -0.05) is 157 Å². The highest BCUT2D eigenvalue weighted by molar-refractivity contribution is 5.77. The Labute approximate surface area is 289 Å². The van der Waals surface area contributed by atoms with E-state index >= 15 is 0 Å². The van der Waals surface area contributed by atoms with Crippen LogP contribution in [0.3, 0.4) is 0 Å². The number of hydrogen-bond donors (Lipinski definition) is 1. The van der Waals surface area contributed by atoms with Crippen molar-refractivity contribution in [3.8, 4) is 11.5 Å². The molecule has 1 fully saturated rings. The van der Waals surface area contributed by atoms with Crippen molar-refractivity contribution < 1.29 is 24.1 Å². The summed E-state index contributed by atoms with van der Waals surface area (Å²) in [5.41, 5.74) is 1.63. The van der Waals surface area contributed by atoms with E-state index in [-0.39, 0.29) is 18.6 Å². The van der Waals surface area contributed by atoms with Crippen molar-refractivity contribution in [2.45, 2.75) is 121 Å². The maximum absolute atomic E-state index is 13.5. The number of β-amino-alcohol motifs (C(OH)–C–C–N with tert-alkyl or cyclic N) is 1. The van der Waals surface area contributed by atoms with Crippen LogP contribution in [0, 0.1) is 0 Å². The molecule has 1 aliphatic heterocycles. The number of methoxy groups -OCH3 is 2. The SMILES string of the molecule is CCCCCCCCCCCCCCCC(=O)N1CC(O)CC1COC(c1ccccc1)(c1ccccc1)c1cccc(OC)c1OC. The van der Waals surface area contributed by atoms with Gasteiger partial charge in [0.15, 0.2) is 11.5 Å². The molecule has 1 heterocycles. The molecule has 4 rings (SSSR count). The lowest BCUT2D eigenvalue weighted by atomic mass is 9.79. The maximum Gasteiger partial charge on any atom is 0.222 e. The van der Waals surface area contributed by atoms with E-state index in [9.17, 15) is 9.90 Å². The molecular formula is C42H59NO5. The zero-order valence-electron chi connectivity index (χ0n) is 29.7. The molecule has 0 saturated carbocycles. The molecule has 1 saturated heterocycles. The zero-order valence-corrected chi connectivity index (χ0v) is 29.7. The first-order chi connectivity index (χ1) is 23.5. The Morgan fingerprint density at radius 3 is 1.79 bits per heavy atom. The van der Waals surface area contributed by atoms with Crippen LogP contribution >= 0.6 is 0 Å². The lowest BCUT2D eigenvalue weighted by Crippen LogP contribution is -2.42. The summed E-state index contributed by atoms with van der Waals surface area (Å²) in [5.74, 6) is 1.31. The molecule has 2 atom stereocenters. The van der Waals surface area contributed by atoms with Gasteiger partial charge in [0, 0.05) is 18.5 Å². The summed E-state index contributed by atoms with van der Waals surface area (Å²) in [6.45, 7) is 2.87. The van der Waals surface area contributed by atoms with Crippen LogP contribution in [0.5, 0.6) is 11.5 Å². The average molecular weight is 658 g/mol. The van der Waals surface area contributed by atoms with Crippen LogP contribution < -0.4 is 9.47 Å². The lowest BCUT2D eigenvalue weighted by Gasteiger charge is -2.38. The van der Waals surface area contributed by atoms with E-state index in [2.05, 4.69) is 31.2 Å². The van der Waals surface area contributed by atoms with Gasteiger partial charge in [0.2, 0.25) is 5.91 Å². The van der Waals surface area contributed by atoms with Crippen LogP contribution in [0.4, 0.5) is 0 Å². The van der Waals surface area contributed by atoms with E-state index in [1.807, 2.05) is 59.5 Å². The number of carbonyl (C=O) groups excluding carboxylic acids is 1. The quantitative estimate of drug-likeness (QED) is 0.0861. The van der Waals surface area contributed by atoms with Gasteiger partial charge in [0.25, 0.3) is 0 Å². The van der Waals surface area contributed by atoms with Crippen LogP contribution in [0.25, 0.3) is 0 Å². The van der Waals surface area contributed by atoms with Gasteiger partial charge >= 0.3 is 0 Å². The van der Waals surface area contributed by atoms with Crippen molar-refractivity contribution in [3.63, 3.8) is 0 Å². The molecule has 1 aliphatic rings. The first-order valence-corrected chi connectivity index (χ1v) is 18.5. The summed E-state index contributed by atoms with van der Waals surface area (Å²) in [6, 6.07) is 25.9. The minimum absolute atomic E-state index is 0.104. The standard InChI is InChI=1S/C42H59NO5/c1-4-5-6-7-8-9-10-11-12-13-14-15-22-30-40(45)43-32-37(44)31-36(43)33-48-42(34-24-18-16-19-25-34,35-26-20-17-21-27-35)38-28-23-29-39(46-2)41(38)47-3/h16-21,23-29,36-37,44H,4-15,22,30-33H2,1-3H3. The minimum atomic E-state index is -1.06. The Morgan fingerprint density at radius 1 is 0.729 bits per heavy atom. The van der Waals surface area contributed by atoms with Gasteiger partial charge in [-0.2, -0.15) is 0 Å². The highest BCUT2D eigenvalue weighted by atomic mass is 16.5. The largest absolute Gasteiger partial charge is 0.493 e. The van der Waals surface area contributed by atoms with Gasteiger partial charge in [-0.15, -0.1) is 0 Å². The average Bonchev–Trinajstić information content (AvgIpc) is 3.51. The number of benzene rings is 3. The summed E-state index contributed by atoms with van der Waals surface area (Å²) < 4.78 is 18.8. The molecule has 1 N–H and O–H groups in total. The predicted octanol–water partition coefficient (Wildman–Crippen LogP) is 9.46. The van der Waals surface area contributed by atoms with E-state index in [4.69, 9.17) is 14.2 Å². The molecule has 0 spiro atoms. The number of ether oxygens (including phenoxy) is 3. The summed E-state index contributed by atoms with van der Waals surface area (Å²) >= 11 is 0. The second-order valence-corrected chi connectivity index (χ2v) is 13.3. The van der Waals surface area contributed by atoms with Crippen molar-refractivity contribution in [1.82, 2.24) is 4.90 Å². The Bertz CT molecular complexity index is 1290. The van der Waals surface area contributed by atoms with Crippen LogP contribution in [-0.2, 0) is 15.1 Å². The third kappa shape index (κ3) is 10.1. The van der Waals surface area contributed by atoms with Gasteiger partial charge in [-0.3, -0.25) is 4.79 Å². The van der Waals surface area contributed by atoms with Gasteiger partial charge in [0.05, 0.1) is 33.0 Å². The Balaban J connectivity index is 1.40. The van der Waals surface area contributed by atoms with Gasteiger partial charge < -0.3 is 24.2 Å². The molecule has 6 nitrogen and oxygen atoms in total. The molecular weight excluding hydrogens is 598 g/mol. The third-order valence-corrected chi connectivity index (χ3v) is 9.84. The molecule has 6 heteroatoms. The van der Waals surface area contributed by atoms with Crippen LogP contribution in [0.2, 0.25) is 0 Å². The molecule has 48 heavy (non-hydrogen) atoms. The number of aliphatic hydroxyl groups excluding tert-OH is 1. The third-order valence-electron chi connectivity index (χ3n) is 9.84. The van der Waals surface area contributed by atoms with E-state index in [0.29, 0.717) is 30.9 Å². The topological polar surface area (TPSA) is 68.2 Å². The number of carbonyl (C=O) groups is 1. The second-order valence-electron chi connectivity index (χ2n) is 13.3. The van der Waals surface area contributed by atoms with Crippen molar-refractivity contribution in [3.05, 3.63) is 95.6 Å². The lowest BCUT2D eigenvalue weighted by molar-refractivity contribution is -0.134. The highest BCUT2D eigenvalue weighted by Crippen LogP contribution is 2.47. The first kappa shape index (κ1) is 37.5. The molecule has 0 aromatic heterocycles. The molecule has 0 radical (unpaired) electrons. The smallest absolute Gasteiger partial charge is 0.222 e. The van der Waals surface area contributed by atoms with Gasteiger partial charge in [-0.05, 0) is 30.0 Å². The number of para-hydroxylation sites is 1. The van der Waals surface area contributed by atoms with Crippen molar-refractivity contribution in [2.75, 3.05) is 27.4 Å². The second kappa shape index (κ2) is 20.2. The fourth-order valence-electron chi connectivity index (χ4n) is 7.25. The number of aliphatic hydroxyl groups is 1. The fourth-order valence-corrected chi connectivity index (χ4v) is 7.25. The Morgan fingerprint density at radius 2 is 1.27 bits per heavy atom. The number of hydrogen-bond acceptors (Lipinski definition) is 5. The highest BCUT2D eigenvalue weighted by Gasteiger charge is 2.43. The van der Waals surface area contributed by atoms with E-state index in [1.165, 1.54) is 70.6 Å². The monoisotopic (exact) mass is 657 g/mol. The maximum atomic E-state index is 13.5. The molecule has 262 valence electrons. The molecule has 3 aromatic rings. The number of rotatable bonds is 22. The molecule has 0 bridgehead atoms. The molecule has 1 amide bonds. The molecule has 0 aliphatic carbocycles. The first-order valence-electron chi connectivity index (χ1n) is 18.5. The number of unbranched alkanes of at least 4 members (excludes halogenated alkanes) is 12. The van der Waals surface area contributed by atoms with Crippen molar-refractivity contribution in [1.29, 1.82) is 0 Å². The van der Waals surface area contributed by atoms with Crippen molar-refractivity contribution >= 4 is 5.91 Å². The summed E-state index contributed by atoms with van der Waals surface area (Å²) in [6.07, 6.45) is 17.0. The van der Waals surface area contributed by atoms with Crippen LogP contribution in [0.15, 0.2) is 78.9 Å². The van der Waals surface area contributed by atoms with Gasteiger partial charge in [-0.25, -0.2) is 0 Å². The molecule has 2 unspecified atom stereocenters. The Hall–Kier alpha value is -3.35. The normalized spacial score (nSPS) is 16.3. The summed E-state index contributed by atoms with van der Waals surface area (Å²) in [5, 5.41) is 10.7. The van der Waals surface area contributed by atoms with Gasteiger partial charge in [0.1, 0.15) is 5.60 Å². The number of amides is 1. The summed E-state index contributed by atoms with van der Waals surface area (Å²) in [4.78, 5) is 15.4. The van der Waals surface area contributed by atoms with E-state index < -0.39 is 11.7 Å². The van der Waals surface area contributed by atoms with Crippen LogP contribution in [-0.4, -0.2) is 55.4 Å². The van der Waals surface area contributed by atoms with E-state index in [1.54, 1.807) is 14.2 Å². The fraction of sp³-hybridized carbons (Fsp3) is 0.548. The zero-order chi connectivity index (χ0) is 34.0. The number of likely N-dealkylation sites (tertiary alicyclic amines) is 1. The summed E-state index contributed by atoms with van der Waals surface area (Å²) in [7, 11) is 3.28. The number of nitrogens with zero attached hydrogens (tertiary/aromatic N) is 1. The predicted molar refractivity (Wildman–Crippen MR) is 195 cm³/mol. The molecule has 3 aromatic carbocycles. The Kier molecular flexibility index (Phi) is 15.8. The van der Waals surface area contributed by atoms with Crippen molar-refractivity contribution in [2.24, 2.45) is 0 Å².